The van der Waals surface area contributed by atoms with Gasteiger partial charge >= 0.3 is 0 Å². The summed E-state index contributed by atoms with van der Waals surface area (Å²) in [5.74, 6) is -0.110. The van der Waals surface area contributed by atoms with Gasteiger partial charge in [0.05, 0.1) is 11.3 Å². The summed E-state index contributed by atoms with van der Waals surface area (Å²) in [7, 11) is 1.82. The van der Waals surface area contributed by atoms with Crippen molar-refractivity contribution in [3.8, 4) is 0 Å². The highest BCUT2D eigenvalue weighted by Gasteiger charge is 2.14. The first-order valence-electron chi connectivity index (χ1n) is 5.69. The topological polar surface area (TPSA) is 46.9 Å². The lowest BCUT2D eigenvalue weighted by molar-refractivity contribution is 0.102. The molecule has 0 aliphatic heterocycles. The summed E-state index contributed by atoms with van der Waals surface area (Å²) >= 11 is 2.23. The van der Waals surface area contributed by atoms with Gasteiger partial charge in [-0.15, -0.1) is 0 Å². The third-order valence-electron chi connectivity index (χ3n) is 2.59. The van der Waals surface area contributed by atoms with E-state index in [1.807, 2.05) is 38.2 Å². The number of anilines is 1. The maximum atomic E-state index is 12.1. The fraction of sp³-hybridized carbons (Fsp3) is 0.231. The zero-order valence-corrected chi connectivity index (χ0v) is 12.4. The van der Waals surface area contributed by atoms with Gasteiger partial charge in [-0.25, -0.2) is 0 Å². The van der Waals surface area contributed by atoms with Crippen LogP contribution < -0.4 is 5.32 Å². The monoisotopic (exact) mass is 355 g/mol. The number of carbonyl (C=O) groups is 1. The number of nitrogens with zero attached hydrogens (tertiary/aromatic N) is 2. The smallest absolute Gasteiger partial charge is 0.259 e. The highest BCUT2D eigenvalue weighted by atomic mass is 127. The molecule has 2 aromatic rings. The van der Waals surface area contributed by atoms with Crippen molar-refractivity contribution in [1.82, 2.24) is 9.78 Å². The molecule has 0 fully saturated rings. The van der Waals surface area contributed by atoms with E-state index in [-0.39, 0.29) is 5.91 Å². The van der Waals surface area contributed by atoms with Gasteiger partial charge in [-0.05, 0) is 53.3 Å². The number of rotatable bonds is 3. The molecule has 0 atom stereocenters. The molecule has 1 heterocycles. The maximum Gasteiger partial charge on any atom is 0.259 e. The van der Waals surface area contributed by atoms with Gasteiger partial charge in [0, 0.05) is 22.5 Å². The van der Waals surface area contributed by atoms with Crippen molar-refractivity contribution in [3.63, 3.8) is 0 Å². The first-order chi connectivity index (χ1) is 8.60. The van der Waals surface area contributed by atoms with E-state index in [9.17, 15) is 4.79 Å². The molecule has 0 aliphatic rings. The van der Waals surface area contributed by atoms with Crippen LogP contribution in [0.2, 0.25) is 0 Å². The van der Waals surface area contributed by atoms with Crippen LogP contribution in [-0.4, -0.2) is 15.7 Å². The first-order valence-corrected chi connectivity index (χ1v) is 6.77. The molecule has 2 rings (SSSR count). The number of amides is 1. The standard InChI is InChI=1S/C13H14IN3O/c1-3-12-11(8-17(2)16-12)13(18)15-10-6-4-9(14)5-7-10/h4-8H,3H2,1-2H3,(H,15,18). The average molecular weight is 355 g/mol. The van der Waals surface area contributed by atoms with Crippen LogP contribution in [0.4, 0.5) is 5.69 Å². The van der Waals surface area contributed by atoms with Crippen LogP contribution in [0.3, 0.4) is 0 Å². The van der Waals surface area contributed by atoms with Crippen molar-refractivity contribution >= 4 is 34.2 Å². The lowest BCUT2D eigenvalue weighted by Gasteiger charge is -2.04. The SMILES string of the molecule is CCc1nn(C)cc1C(=O)Nc1ccc(I)cc1. The number of hydrogen-bond acceptors (Lipinski definition) is 2. The maximum absolute atomic E-state index is 12.1. The van der Waals surface area contributed by atoms with Gasteiger partial charge in [-0.2, -0.15) is 5.10 Å². The Hall–Kier alpha value is -1.37. The van der Waals surface area contributed by atoms with Crippen LogP contribution in [0.15, 0.2) is 30.5 Å². The number of halogens is 1. The molecule has 94 valence electrons. The molecule has 1 aromatic carbocycles. The van der Waals surface area contributed by atoms with Gasteiger partial charge < -0.3 is 5.32 Å². The highest BCUT2D eigenvalue weighted by Crippen LogP contribution is 2.14. The molecule has 5 heteroatoms. The Bertz CT molecular complexity index is 560. The summed E-state index contributed by atoms with van der Waals surface area (Å²) in [5.41, 5.74) is 2.25. The predicted octanol–water partition coefficient (Wildman–Crippen LogP) is 2.84. The molecule has 0 saturated carbocycles. The normalized spacial score (nSPS) is 10.4. The van der Waals surface area contributed by atoms with Gasteiger partial charge in [-0.3, -0.25) is 9.48 Å². The molecule has 4 nitrogen and oxygen atoms in total. The minimum atomic E-state index is -0.110. The summed E-state index contributed by atoms with van der Waals surface area (Å²) in [5, 5.41) is 7.14. The number of benzene rings is 1. The van der Waals surface area contributed by atoms with Crippen LogP contribution in [0, 0.1) is 3.57 Å². The van der Waals surface area contributed by atoms with Crippen molar-refractivity contribution in [2.45, 2.75) is 13.3 Å². The van der Waals surface area contributed by atoms with Crippen LogP contribution in [0.1, 0.15) is 23.0 Å². The number of nitrogens with one attached hydrogen (secondary N) is 1. The lowest BCUT2D eigenvalue weighted by atomic mass is 10.2. The molecule has 0 bridgehead atoms. The van der Waals surface area contributed by atoms with Crippen LogP contribution in [0.25, 0.3) is 0 Å². The van der Waals surface area contributed by atoms with Crippen molar-refractivity contribution in [3.05, 3.63) is 45.3 Å². The fourth-order valence-electron chi connectivity index (χ4n) is 1.72. The minimum Gasteiger partial charge on any atom is -0.322 e. The summed E-state index contributed by atoms with van der Waals surface area (Å²) in [6.45, 7) is 1.99. The second kappa shape index (κ2) is 5.51. The predicted molar refractivity (Wildman–Crippen MR) is 79.7 cm³/mol. The van der Waals surface area contributed by atoms with Crippen molar-refractivity contribution < 1.29 is 4.79 Å². The first kappa shape index (κ1) is 13.1. The third kappa shape index (κ3) is 2.90. The quantitative estimate of drug-likeness (QED) is 0.861. The molecule has 1 N–H and O–H groups in total. The second-order valence-electron chi connectivity index (χ2n) is 3.98. The van der Waals surface area contributed by atoms with E-state index in [1.54, 1.807) is 10.9 Å². The Morgan fingerprint density at radius 2 is 2.06 bits per heavy atom. The average Bonchev–Trinajstić information content (AvgIpc) is 2.73. The molecule has 1 amide bonds. The Morgan fingerprint density at radius 1 is 1.39 bits per heavy atom. The molecule has 0 spiro atoms. The number of hydrogen-bond donors (Lipinski definition) is 1. The summed E-state index contributed by atoms with van der Waals surface area (Å²) < 4.78 is 2.81. The van der Waals surface area contributed by atoms with Gasteiger partial charge in [0.1, 0.15) is 0 Å². The summed E-state index contributed by atoms with van der Waals surface area (Å²) in [6.07, 6.45) is 2.50. The molecule has 1 aromatic heterocycles. The van der Waals surface area contributed by atoms with Gasteiger partial charge in [0.2, 0.25) is 0 Å². The zero-order chi connectivity index (χ0) is 13.1. The largest absolute Gasteiger partial charge is 0.322 e. The van der Waals surface area contributed by atoms with Gasteiger partial charge in [0.25, 0.3) is 5.91 Å². The number of aromatic nitrogens is 2. The molecule has 0 saturated heterocycles. The molecular formula is C13H14IN3O. The zero-order valence-electron chi connectivity index (χ0n) is 10.3. The molecular weight excluding hydrogens is 341 g/mol. The second-order valence-corrected chi connectivity index (χ2v) is 5.22. The van der Waals surface area contributed by atoms with Gasteiger partial charge in [0.15, 0.2) is 0 Å². The molecule has 0 radical (unpaired) electrons. The van der Waals surface area contributed by atoms with E-state index in [0.717, 1.165) is 21.4 Å². The van der Waals surface area contributed by atoms with E-state index in [2.05, 4.69) is 33.0 Å². The fourth-order valence-corrected chi connectivity index (χ4v) is 2.08. The van der Waals surface area contributed by atoms with E-state index >= 15 is 0 Å². The molecule has 0 unspecified atom stereocenters. The minimum absolute atomic E-state index is 0.110. The summed E-state index contributed by atoms with van der Waals surface area (Å²) in [6, 6.07) is 7.70. The Labute approximate surface area is 120 Å². The van der Waals surface area contributed by atoms with Crippen LogP contribution in [0.5, 0.6) is 0 Å². The Morgan fingerprint density at radius 3 is 2.67 bits per heavy atom. The molecule has 18 heavy (non-hydrogen) atoms. The van der Waals surface area contributed by atoms with Crippen LogP contribution >= 0.6 is 22.6 Å². The molecule has 0 aliphatic carbocycles. The van der Waals surface area contributed by atoms with Crippen molar-refractivity contribution in [2.24, 2.45) is 7.05 Å². The van der Waals surface area contributed by atoms with Crippen LogP contribution in [-0.2, 0) is 13.5 Å². The number of aryl methyl sites for hydroxylation is 2. The number of carbonyl (C=O) groups excluding carboxylic acids is 1. The van der Waals surface area contributed by atoms with Crippen molar-refractivity contribution in [2.75, 3.05) is 5.32 Å². The Balaban J connectivity index is 2.19. The van der Waals surface area contributed by atoms with E-state index in [1.165, 1.54) is 0 Å². The third-order valence-corrected chi connectivity index (χ3v) is 3.31. The van der Waals surface area contributed by atoms with E-state index in [4.69, 9.17) is 0 Å². The van der Waals surface area contributed by atoms with E-state index in [0.29, 0.717) is 5.56 Å². The summed E-state index contributed by atoms with van der Waals surface area (Å²) in [4.78, 5) is 12.1. The lowest BCUT2D eigenvalue weighted by Crippen LogP contribution is -2.13. The highest BCUT2D eigenvalue weighted by molar-refractivity contribution is 14.1. The van der Waals surface area contributed by atoms with Gasteiger partial charge in [-0.1, -0.05) is 6.92 Å². The van der Waals surface area contributed by atoms with Crippen molar-refractivity contribution in [1.29, 1.82) is 0 Å². The Kier molecular flexibility index (Phi) is 4.00. The van der Waals surface area contributed by atoms with E-state index < -0.39 is 0 Å².